The number of carbonyl (C=O) groups is 2. The van der Waals surface area contributed by atoms with Crippen molar-refractivity contribution in [1.82, 2.24) is 15.5 Å². The molecule has 1 aromatic rings. The van der Waals surface area contributed by atoms with Gasteiger partial charge in [0, 0.05) is 25.7 Å². The van der Waals surface area contributed by atoms with Gasteiger partial charge in [0.2, 0.25) is 5.91 Å². The highest BCUT2D eigenvalue weighted by Crippen LogP contribution is 2.17. The quantitative estimate of drug-likeness (QED) is 0.895. The molecule has 0 saturated carbocycles. The summed E-state index contributed by atoms with van der Waals surface area (Å²) in [7, 11) is 0. The highest BCUT2D eigenvalue weighted by molar-refractivity contribution is 5.80. The van der Waals surface area contributed by atoms with E-state index in [0.717, 1.165) is 24.9 Å². The minimum atomic E-state index is -0.115. The molecule has 2 rings (SSSR count). The first-order valence-electron chi connectivity index (χ1n) is 7.93. The monoisotopic (exact) mass is 303 g/mol. The summed E-state index contributed by atoms with van der Waals surface area (Å²) in [6.07, 6.45) is 1.71. The zero-order valence-electron chi connectivity index (χ0n) is 13.3. The molecule has 0 aromatic heterocycles. The zero-order valence-corrected chi connectivity index (χ0v) is 13.3. The molecule has 0 spiro atoms. The molecule has 1 aromatic carbocycles. The second kappa shape index (κ2) is 7.82. The van der Waals surface area contributed by atoms with E-state index in [1.54, 1.807) is 4.90 Å². The Bertz CT molecular complexity index is 502. The number of likely N-dealkylation sites (tertiary alicyclic amines) is 1. The van der Waals surface area contributed by atoms with Crippen molar-refractivity contribution in [2.45, 2.75) is 39.3 Å². The molecule has 2 N–H and O–H groups in total. The number of amides is 3. The maximum absolute atomic E-state index is 12.3. The topological polar surface area (TPSA) is 61.4 Å². The second-order valence-electron chi connectivity index (χ2n) is 6.09. The first-order valence-corrected chi connectivity index (χ1v) is 7.93. The van der Waals surface area contributed by atoms with Crippen LogP contribution in [-0.2, 0) is 11.3 Å². The first-order chi connectivity index (χ1) is 10.6. The Morgan fingerprint density at radius 3 is 2.68 bits per heavy atom. The Labute approximate surface area is 132 Å². The van der Waals surface area contributed by atoms with E-state index >= 15 is 0 Å². The Kier molecular flexibility index (Phi) is 5.81. The highest BCUT2D eigenvalue weighted by atomic mass is 16.2. The lowest BCUT2D eigenvalue weighted by atomic mass is 9.97. The standard InChI is InChI=1S/C17H25N3O2/c1-13(2)19-17(22)20-10-6-9-15(12-20)16(21)18-11-14-7-4-3-5-8-14/h3-5,7-8,13,15H,6,9-12H2,1-2H3,(H,18,21)(H,19,22)/t15-/m0/s1. The van der Waals surface area contributed by atoms with Gasteiger partial charge < -0.3 is 15.5 Å². The van der Waals surface area contributed by atoms with Gasteiger partial charge >= 0.3 is 6.03 Å². The van der Waals surface area contributed by atoms with Gasteiger partial charge in [-0.05, 0) is 32.3 Å². The predicted octanol–water partition coefficient (Wildman–Crippen LogP) is 2.13. The lowest BCUT2D eigenvalue weighted by Crippen LogP contribution is -2.50. The van der Waals surface area contributed by atoms with Crippen LogP contribution in [-0.4, -0.2) is 36.0 Å². The number of hydrogen-bond donors (Lipinski definition) is 2. The molecule has 120 valence electrons. The van der Waals surface area contributed by atoms with Gasteiger partial charge in [0.05, 0.1) is 5.92 Å². The SMILES string of the molecule is CC(C)NC(=O)N1CCC[C@H](C(=O)NCc2ccccc2)C1. The van der Waals surface area contributed by atoms with Crippen LogP contribution in [0.15, 0.2) is 30.3 Å². The molecular formula is C17H25N3O2. The fraction of sp³-hybridized carbons (Fsp3) is 0.529. The average Bonchev–Trinajstić information content (AvgIpc) is 2.53. The van der Waals surface area contributed by atoms with Crippen molar-refractivity contribution >= 4 is 11.9 Å². The molecule has 1 fully saturated rings. The molecule has 0 radical (unpaired) electrons. The van der Waals surface area contributed by atoms with E-state index in [2.05, 4.69) is 10.6 Å². The molecule has 0 bridgehead atoms. The number of nitrogens with zero attached hydrogens (tertiary/aromatic N) is 1. The summed E-state index contributed by atoms with van der Waals surface area (Å²) < 4.78 is 0. The zero-order chi connectivity index (χ0) is 15.9. The van der Waals surface area contributed by atoms with E-state index in [4.69, 9.17) is 0 Å². The van der Waals surface area contributed by atoms with Crippen molar-refractivity contribution < 1.29 is 9.59 Å². The fourth-order valence-electron chi connectivity index (χ4n) is 2.64. The van der Waals surface area contributed by atoms with Gasteiger partial charge in [0.15, 0.2) is 0 Å². The molecule has 0 aliphatic carbocycles. The Hall–Kier alpha value is -2.04. The first kappa shape index (κ1) is 16.3. The summed E-state index contributed by atoms with van der Waals surface area (Å²) in [5.74, 6) is -0.0822. The summed E-state index contributed by atoms with van der Waals surface area (Å²) in [5.41, 5.74) is 1.08. The molecular weight excluding hydrogens is 278 g/mol. The maximum Gasteiger partial charge on any atom is 0.317 e. The number of hydrogen-bond acceptors (Lipinski definition) is 2. The molecule has 5 heteroatoms. The molecule has 1 heterocycles. The van der Waals surface area contributed by atoms with Crippen molar-refractivity contribution in [3.8, 4) is 0 Å². The van der Waals surface area contributed by atoms with Crippen LogP contribution in [0, 0.1) is 5.92 Å². The van der Waals surface area contributed by atoms with Gasteiger partial charge in [-0.2, -0.15) is 0 Å². The van der Waals surface area contributed by atoms with Crippen molar-refractivity contribution in [2.75, 3.05) is 13.1 Å². The third-order valence-corrected chi connectivity index (χ3v) is 3.80. The number of carbonyl (C=O) groups excluding carboxylic acids is 2. The van der Waals surface area contributed by atoms with Crippen molar-refractivity contribution in [1.29, 1.82) is 0 Å². The fourth-order valence-corrected chi connectivity index (χ4v) is 2.64. The van der Waals surface area contributed by atoms with Crippen LogP contribution in [0.3, 0.4) is 0 Å². The number of benzene rings is 1. The van der Waals surface area contributed by atoms with E-state index in [1.165, 1.54) is 0 Å². The summed E-state index contributed by atoms with van der Waals surface area (Å²) in [6.45, 7) is 5.63. The smallest absolute Gasteiger partial charge is 0.317 e. The van der Waals surface area contributed by atoms with Crippen LogP contribution in [0.2, 0.25) is 0 Å². The van der Waals surface area contributed by atoms with Gasteiger partial charge in [0.1, 0.15) is 0 Å². The van der Waals surface area contributed by atoms with Gasteiger partial charge in [-0.1, -0.05) is 30.3 Å². The highest BCUT2D eigenvalue weighted by Gasteiger charge is 2.28. The van der Waals surface area contributed by atoms with Crippen molar-refractivity contribution in [3.63, 3.8) is 0 Å². The number of urea groups is 1. The third-order valence-electron chi connectivity index (χ3n) is 3.80. The van der Waals surface area contributed by atoms with E-state index < -0.39 is 0 Å². The molecule has 1 atom stereocenters. The Balaban J connectivity index is 1.83. The molecule has 3 amide bonds. The van der Waals surface area contributed by atoms with Gasteiger partial charge in [-0.25, -0.2) is 4.79 Å². The lowest BCUT2D eigenvalue weighted by molar-refractivity contribution is -0.126. The molecule has 22 heavy (non-hydrogen) atoms. The van der Waals surface area contributed by atoms with Gasteiger partial charge in [-0.15, -0.1) is 0 Å². The molecule has 1 aliphatic rings. The van der Waals surface area contributed by atoms with Crippen LogP contribution < -0.4 is 10.6 Å². The normalized spacial score (nSPS) is 18.1. The minimum absolute atomic E-state index is 0.0332. The summed E-state index contributed by atoms with van der Waals surface area (Å²) in [5, 5.41) is 5.86. The van der Waals surface area contributed by atoms with E-state index in [1.807, 2.05) is 44.2 Å². The van der Waals surface area contributed by atoms with Crippen LogP contribution in [0.25, 0.3) is 0 Å². The van der Waals surface area contributed by atoms with Crippen LogP contribution in [0.4, 0.5) is 4.79 Å². The number of rotatable bonds is 4. The minimum Gasteiger partial charge on any atom is -0.352 e. The van der Waals surface area contributed by atoms with Crippen molar-refractivity contribution in [3.05, 3.63) is 35.9 Å². The molecule has 1 aliphatic heterocycles. The average molecular weight is 303 g/mol. The summed E-state index contributed by atoms with van der Waals surface area (Å²) >= 11 is 0. The summed E-state index contributed by atoms with van der Waals surface area (Å²) in [4.78, 5) is 26.1. The second-order valence-corrected chi connectivity index (χ2v) is 6.09. The number of piperidine rings is 1. The van der Waals surface area contributed by atoms with Crippen molar-refractivity contribution in [2.24, 2.45) is 5.92 Å². The largest absolute Gasteiger partial charge is 0.352 e. The predicted molar refractivity (Wildman–Crippen MR) is 86.3 cm³/mol. The third kappa shape index (κ3) is 4.76. The molecule has 0 unspecified atom stereocenters. The van der Waals surface area contributed by atoms with E-state index in [9.17, 15) is 9.59 Å². The maximum atomic E-state index is 12.3. The van der Waals surface area contributed by atoms with Gasteiger partial charge in [-0.3, -0.25) is 4.79 Å². The molecule has 5 nitrogen and oxygen atoms in total. The van der Waals surface area contributed by atoms with Crippen LogP contribution in [0.1, 0.15) is 32.3 Å². The van der Waals surface area contributed by atoms with E-state index in [-0.39, 0.29) is 23.9 Å². The van der Waals surface area contributed by atoms with Crippen LogP contribution >= 0.6 is 0 Å². The Morgan fingerprint density at radius 1 is 1.27 bits per heavy atom. The molecule has 1 saturated heterocycles. The lowest BCUT2D eigenvalue weighted by Gasteiger charge is -2.32. The Morgan fingerprint density at radius 2 is 2.00 bits per heavy atom. The van der Waals surface area contributed by atoms with Crippen LogP contribution in [0.5, 0.6) is 0 Å². The summed E-state index contributed by atoms with van der Waals surface area (Å²) in [6, 6.07) is 9.89. The van der Waals surface area contributed by atoms with E-state index in [0.29, 0.717) is 13.1 Å². The van der Waals surface area contributed by atoms with Gasteiger partial charge in [0.25, 0.3) is 0 Å². The number of nitrogens with one attached hydrogen (secondary N) is 2.